The molecule has 0 aliphatic carbocycles. The molecular formula is C24H23BrIN5O3. The van der Waals surface area contributed by atoms with Crippen LogP contribution in [0.3, 0.4) is 0 Å². The number of carbonyl (C=O) groups is 1. The summed E-state index contributed by atoms with van der Waals surface area (Å²) in [5.41, 5.74) is 7.94. The molecule has 10 heteroatoms. The van der Waals surface area contributed by atoms with Crippen molar-refractivity contribution in [3.63, 3.8) is 0 Å². The molecule has 3 rings (SSSR count). The van der Waals surface area contributed by atoms with E-state index < -0.39 is 5.91 Å². The lowest BCUT2D eigenvalue weighted by atomic mass is 10.1. The van der Waals surface area contributed by atoms with Crippen LogP contribution in [0.2, 0.25) is 0 Å². The minimum Gasteiger partial charge on any atom is -0.467 e. The highest BCUT2D eigenvalue weighted by Gasteiger charge is 2.18. The quantitative estimate of drug-likeness (QED) is 0.219. The van der Waals surface area contributed by atoms with Crippen molar-refractivity contribution in [1.82, 2.24) is 15.0 Å². The van der Waals surface area contributed by atoms with E-state index in [1.807, 2.05) is 19.9 Å². The number of aromatic nitrogens is 2. The van der Waals surface area contributed by atoms with Gasteiger partial charge in [-0.2, -0.15) is 10.4 Å². The first-order chi connectivity index (χ1) is 16.3. The van der Waals surface area contributed by atoms with Crippen molar-refractivity contribution in [2.45, 2.75) is 27.4 Å². The standard InChI is InChI=1S/C24H23BrIN5O3/c1-14-9-17(16(3)31(14)19-7-5-18(26)6-8-19)11-28-30-22(32)13-34-24-20(10-27)21(12-33-4)23(25)15(2)29-24/h5-9,11H,12-13H2,1-4H3,(H,30,32). The number of amides is 1. The van der Waals surface area contributed by atoms with Crippen LogP contribution in [0.5, 0.6) is 5.88 Å². The van der Waals surface area contributed by atoms with Crippen molar-refractivity contribution in [1.29, 1.82) is 5.26 Å². The number of hydrogen-bond acceptors (Lipinski definition) is 6. The van der Waals surface area contributed by atoms with Crippen LogP contribution in [0.15, 0.2) is 39.9 Å². The van der Waals surface area contributed by atoms with Gasteiger partial charge < -0.3 is 14.0 Å². The minimum absolute atomic E-state index is 0.0791. The first kappa shape index (κ1) is 25.9. The molecule has 34 heavy (non-hydrogen) atoms. The Hall–Kier alpha value is -2.75. The van der Waals surface area contributed by atoms with E-state index in [4.69, 9.17) is 9.47 Å². The third-order valence-corrected chi connectivity index (χ3v) is 6.83. The highest BCUT2D eigenvalue weighted by atomic mass is 127. The van der Waals surface area contributed by atoms with E-state index in [0.717, 1.165) is 22.6 Å². The molecule has 0 spiro atoms. The number of nitrogens with zero attached hydrogens (tertiary/aromatic N) is 4. The Morgan fingerprint density at radius 3 is 2.68 bits per heavy atom. The Kier molecular flexibility index (Phi) is 8.82. The summed E-state index contributed by atoms with van der Waals surface area (Å²) >= 11 is 5.70. The zero-order chi connectivity index (χ0) is 24.8. The zero-order valence-corrected chi connectivity index (χ0v) is 22.9. The van der Waals surface area contributed by atoms with E-state index in [1.165, 1.54) is 10.7 Å². The van der Waals surface area contributed by atoms with Gasteiger partial charge in [0.1, 0.15) is 11.6 Å². The van der Waals surface area contributed by atoms with Gasteiger partial charge >= 0.3 is 0 Å². The number of hydrogen-bond donors (Lipinski definition) is 1. The summed E-state index contributed by atoms with van der Waals surface area (Å²) in [7, 11) is 1.53. The minimum atomic E-state index is -0.470. The summed E-state index contributed by atoms with van der Waals surface area (Å²) < 4.78 is 14.7. The zero-order valence-electron chi connectivity index (χ0n) is 19.1. The molecule has 2 aromatic heterocycles. The lowest BCUT2D eigenvalue weighted by molar-refractivity contribution is -0.123. The number of benzene rings is 1. The summed E-state index contributed by atoms with van der Waals surface area (Å²) in [4.78, 5) is 16.6. The molecular weight excluding hydrogens is 613 g/mol. The van der Waals surface area contributed by atoms with Gasteiger partial charge in [-0.05, 0) is 89.6 Å². The van der Waals surface area contributed by atoms with Crippen LogP contribution in [-0.4, -0.2) is 35.4 Å². The Labute approximate surface area is 220 Å². The van der Waals surface area contributed by atoms with E-state index in [2.05, 4.69) is 88.9 Å². The van der Waals surface area contributed by atoms with Crippen molar-refractivity contribution in [3.8, 4) is 17.6 Å². The van der Waals surface area contributed by atoms with Crippen LogP contribution in [0, 0.1) is 35.7 Å². The van der Waals surface area contributed by atoms with E-state index in [1.54, 1.807) is 13.1 Å². The average Bonchev–Trinajstić information content (AvgIpc) is 3.09. The fourth-order valence-corrected chi connectivity index (χ4v) is 4.22. The van der Waals surface area contributed by atoms with E-state index >= 15 is 0 Å². The molecule has 0 fully saturated rings. The number of aryl methyl sites for hydroxylation is 2. The Bertz CT molecular complexity index is 1280. The molecule has 0 bridgehead atoms. The number of halogens is 2. The van der Waals surface area contributed by atoms with Crippen molar-refractivity contribution < 1.29 is 14.3 Å². The van der Waals surface area contributed by atoms with Crippen molar-refractivity contribution >= 4 is 50.6 Å². The van der Waals surface area contributed by atoms with E-state index in [9.17, 15) is 10.1 Å². The molecule has 0 aliphatic rings. The summed E-state index contributed by atoms with van der Waals surface area (Å²) in [6, 6.07) is 12.3. The van der Waals surface area contributed by atoms with Gasteiger partial charge in [0.2, 0.25) is 5.88 Å². The average molecular weight is 636 g/mol. The second kappa shape index (κ2) is 11.6. The van der Waals surface area contributed by atoms with Crippen LogP contribution >= 0.6 is 38.5 Å². The number of rotatable bonds is 8. The summed E-state index contributed by atoms with van der Waals surface area (Å²) in [6.07, 6.45) is 1.60. The smallest absolute Gasteiger partial charge is 0.278 e. The second-order valence-electron chi connectivity index (χ2n) is 7.43. The SMILES string of the molecule is COCc1c(Br)c(C)nc(OCC(=O)NN=Cc2cc(C)n(-c3ccc(I)cc3)c2C)c1C#N. The maximum Gasteiger partial charge on any atom is 0.278 e. The number of nitrogens with one attached hydrogen (secondary N) is 1. The number of methoxy groups -OCH3 is 1. The van der Waals surface area contributed by atoms with E-state index in [-0.39, 0.29) is 24.7 Å². The van der Waals surface area contributed by atoms with Gasteiger partial charge in [0.15, 0.2) is 6.61 Å². The van der Waals surface area contributed by atoms with Gasteiger partial charge in [0, 0.05) is 43.4 Å². The van der Waals surface area contributed by atoms with Crippen LogP contribution in [0.1, 0.15) is 33.8 Å². The molecule has 0 saturated heterocycles. The highest BCUT2D eigenvalue weighted by Crippen LogP contribution is 2.30. The Balaban J connectivity index is 1.68. The lowest BCUT2D eigenvalue weighted by Gasteiger charge is -2.13. The second-order valence-corrected chi connectivity index (χ2v) is 9.47. The monoisotopic (exact) mass is 635 g/mol. The molecule has 1 amide bonds. The van der Waals surface area contributed by atoms with E-state index in [0.29, 0.717) is 15.7 Å². The molecule has 0 saturated carbocycles. The fraction of sp³-hybridized carbons (Fsp3) is 0.250. The van der Waals surface area contributed by atoms with Gasteiger partial charge in [-0.15, -0.1) is 0 Å². The molecule has 3 aromatic rings. The third kappa shape index (κ3) is 5.84. The molecule has 0 atom stereocenters. The number of pyridine rings is 1. The predicted octanol–water partition coefficient (Wildman–Crippen LogP) is 4.71. The molecule has 1 aromatic carbocycles. The van der Waals surface area contributed by atoms with Crippen molar-refractivity contribution in [2.75, 3.05) is 13.7 Å². The highest BCUT2D eigenvalue weighted by molar-refractivity contribution is 14.1. The molecule has 176 valence electrons. The maximum atomic E-state index is 12.3. The molecule has 0 unspecified atom stereocenters. The lowest BCUT2D eigenvalue weighted by Crippen LogP contribution is -2.25. The van der Waals surface area contributed by atoms with Gasteiger partial charge in [0.25, 0.3) is 5.91 Å². The van der Waals surface area contributed by atoms with Crippen molar-refractivity contribution in [2.24, 2.45) is 5.10 Å². The first-order valence-corrected chi connectivity index (χ1v) is 12.1. The fourth-order valence-electron chi connectivity index (χ4n) is 3.46. The Morgan fingerprint density at radius 1 is 1.32 bits per heavy atom. The van der Waals surface area contributed by atoms with Crippen LogP contribution in [-0.2, 0) is 16.1 Å². The maximum absolute atomic E-state index is 12.3. The van der Waals surface area contributed by atoms with Crippen LogP contribution in [0.4, 0.5) is 0 Å². The number of hydrazone groups is 1. The molecule has 1 N–H and O–H groups in total. The van der Waals surface area contributed by atoms with Crippen LogP contribution < -0.4 is 10.2 Å². The third-order valence-electron chi connectivity index (χ3n) is 5.06. The van der Waals surface area contributed by atoms with Gasteiger partial charge in [-0.3, -0.25) is 4.79 Å². The number of nitriles is 1. The van der Waals surface area contributed by atoms with Crippen molar-refractivity contribution in [3.05, 3.63) is 72.1 Å². The topological polar surface area (TPSA) is 102 Å². The molecule has 0 aliphatic heterocycles. The summed E-state index contributed by atoms with van der Waals surface area (Å²) in [6.45, 7) is 5.66. The summed E-state index contributed by atoms with van der Waals surface area (Å²) in [5, 5.41) is 13.6. The number of carbonyl (C=O) groups excluding carboxylic acids is 1. The Morgan fingerprint density at radius 2 is 2.03 bits per heavy atom. The summed E-state index contributed by atoms with van der Waals surface area (Å²) in [5.74, 6) is -0.391. The predicted molar refractivity (Wildman–Crippen MR) is 141 cm³/mol. The first-order valence-electron chi connectivity index (χ1n) is 10.2. The van der Waals surface area contributed by atoms with Gasteiger partial charge in [0.05, 0.1) is 18.5 Å². The molecule has 2 heterocycles. The molecule has 0 radical (unpaired) electrons. The van der Waals surface area contributed by atoms with Gasteiger partial charge in [-0.1, -0.05) is 0 Å². The largest absolute Gasteiger partial charge is 0.467 e. The number of ether oxygens (including phenoxy) is 2. The van der Waals surface area contributed by atoms with Crippen LogP contribution in [0.25, 0.3) is 5.69 Å². The molecule has 8 nitrogen and oxygen atoms in total. The normalized spacial score (nSPS) is 11.0. The van der Waals surface area contributed by atoms with Gasteiger partial charge in [-0.25, -0.2) is 10.4 Å².